The average molecular weight is 535 g/mol. The maximum absolute atomic E-state index is 6.16. The van der Waals surface area contributed by atoms with E-state index in [1.165, 1.54) is 0 Å². The Bertz CT molecular complexity index is 1400. The molecular weight excluding hydrogens is 496 g/mol. The van der Waals surface area contributed by atoms with E-state index in [1.54, 1.807) is 6.33 Å². The molecule has 4 aromatic rings. The van der Waals surface area contributed by atoms with Crippen molar-refractivity contribution in [3.05, 3.63) is 47.5 Å². The summed E-state index contributed by atoms with van der Waals surface area (Å²) in [5.41, 5.74) is 4.70. The zero-order valence-electron chi connectivity index (χ0n) is 23.4. The van der Waals surface area contributed by atoms with E-state index in [2.05, 4.69) is 56.4 Å². The van der Waals surface area contributed by atoms with Gasteiger partial charge in [0, 0.05) is 57.7 Å². The molecule has 0 unspecified atom stereocenters. The van der Waals surface area contributed by atoms with Gasteiger partial charge in [-0.25, -0.2) is 24.6 Å². The van der Waals surface area contributed by atoms with Crippen molar-refractivity contribution < 1.29 is 9.15 Å². The van der Waals surface area contributed by atoms with Crippen LogP contribution >= 0.6 is 0 Å². The lowest BCUT2D eigenvalue weighted by atomic mass is 10.2. The Balaban J connectivity index is 1.20. The Hall–Kier alpha value is -3.15. The lowest BCUT2D eigenvalue weighted by Gasteiger charge is -2.35. The lowest BCUT2D eigenvalue weighted by Crippen LogP contribution is -2.46. The minimum Gasteiger partial charge on any atom is -0.439 e. The summed E-state index contributed by atoms with van der Waals surface area (Å²) >= 11 is 0. The number of aryl methyl sites for hydroxylation is 2. The third kappa shape index (κ3) is 6.11. The number of piperazine rings is 1. The Morgan fingerprint density at radius 1 is 1.00 bits per heavy atom. The van der Waals surface area contributed by atoms with Gasteiger partial charge in [0.15, 0.2) is 11.4 Å². The molecule has 0 aliphatic carbocycles. The fraction of sp³-hybridized carbons (Fsp3) is 0.519. The number of rotatable bonds is 9. The molecule has 1 fully saturated rings. The second-order valence-electron chi connectivity index (χ2n) is 11.3. The van der Waals surface area contributed by atoms with Crippen molar-refractivity contribution in [2.45, 2.75) is 59.7 Å². The minimum absolute atomic E-state index is 0.418. The summed E-state index contributed by atoms with van der Waals surface area (Å²) in [7, 11) is -1.11. The quantitative estimate of drug-likeness (QED) is 0.228. The first-order chi connectivity index (χ1) is 18.2. The number of oxazole rings is 1. The fourth-order valence-electron chi connectivity index (χ4n) is 4.53. The number of nitrogens with zero attached hydrogens (tertiary/aromatic N) is 8. The molecule has 5 rings (SSSR count). The molecule has 0 bridgehead atoms. The van der Waals surface area contributed by atoms with E-state index in [0.29, 0.717) is 19.1 Å². The van der Waals surface area contributed by atoms with Gasteiger partial charge in [-0.05, 0) is 45.0 Å². The number of benzene rings is 1. The molecule has 0 atom stereocenters. The van der Waals surface area contributed by atoms with Gasteiger partial charge in [-0.15, -0.1) is 5.10 Å². The van der Waals surface area contributed by atoms with Crippen LogP contribution < -0.4 is 4.90 Å². The Morgan fingerprint density at radius 2 is 1.79 bits per heavy atom. The van der Waals surface area contributed by atoms with Crippen molar-refractivity contribution in [3.8, 4) is 11.4 Å². The van der Waals surface area contributed by atoms with Gasteiger partial charge in [0.25, 0.3) is 0 Å². The number of ether oxygens (including phenoxy) is 1. The van der Waals surface area contributed by atoms with E-state index in [-0.39, 0.29) is 0 Å². The van der Waals surface area contributed by atoms with Crippen LogP contribution in [-0.4, -0.2) is 75.5 Å². The van der Waals surface area contributed by atoms with Gasteiger partial charge in [0.05, 0.1) is 6.54 Å². The highest BCUT2D eigenvalue weighted by atomic mass is 28.3. The van der Waals surface area contributed by atoms with Crippen LogP contribution in [0.1, 0.15) is 23.0 Å². The van der Waals surface area contributed by atoms with Gasteiger partial charge < -0.3 is 14.1 Å². The molecule has 202 valence electrons. The highest BCUT2D eigenvalue weighted by molar-refractivity contribution is 6.76. The normalized spacial score (nSPS) is 15.1. The first-order valence-corrected chi connectivity index (χ1v) is 17.0. The first-order valence-electron chi connectivity index (χ1n) is 13.3. The molecule has 3 aromatic heterocycles. The number of aromatic nitrogens is 6. The summed E-state index contributed by atoms with van der Waals surface area (Å²) in [6.07, 6.45) is 1.65. The molecule has 1 saturated heterocycles. The summed E-state index contributed by atoms with van der Waals surface area (Å²) in [4.78, 5) is 22.9. The number of hydrogen-bond donors (Lipinski definition) is 0. The van der Waals surface area contributed by atoms with Crippen molar-refractivity contribution in [1.82, 2.24) is 34.6 Å². The third-order valence-electron chi connectivity index (χ3n) is 7.10. The van der Waals surface area contributed by atoms with Crippen LogP contribution in [0.15, 0.2) is 28.9 Å². The summed E-state index contributed by atoms with van der Waals surface area (Å²) in [6, 6.07) is 7.10. The highest BCUT2D eigenvalue weighted by Crippen LogP contribution is 2.25. The number of fused-ring (bicyclic) bond motifs is 1. The van der Waals surface area contributed by atoms with Gasteiger partial charge in [0.1, 0.15) is 30.2 Å². The Labute approximate surface area is 225 Å². The molecule has 1 aromatic carbocycles. The lowest BCUT2D eigenvalue weighted by molar-refractivity contribution is 0.0769. The van der Waals surface area contributed by atoms with E-state index >= 15 is 0 Å². The van der Waals surface area contributed by atoms with Crippen LogP contribution in [0.4, 0.5) is 5.82 Å². The van der Waals surface area contributed by atoms with E-state index in [4.69, 9.17) is 14.1 Å². The molecule has 1 aliphatic rings. The monoisotopic (exact) mass is 534 g/mol. The second kappa shape index (κ2) is 10.9. The smallest absolute Gasteiger partial charge is 0.209 e. The first kappa shape index (κ1) is 26.5. The maximum atomic E-state index is 6.16. The average Bonchev–Trinajstić information content (AvgIpc) is 3.45. The van der Waals surface area contributed by atoms with Gasteiger partial charge in [-0.3, -0.25) is 4.90 Å². The van der Waals surface area contributed by atoms with Gasteiger partial charge >= 0.3 is 0 Å². The molecule has 0 saturated carbocycles. The molecule has 0 radical (unpaired) electrons. The van der Waals surface area contributed by atoms with E-state index < -0.39 is 8.07 Å². The molecule has 11 heteroatoms. The van der Waals surface area contributed by atoms with E-state index in [9.17, 15) is 0 Å². The molecular formula is C27H38N8O2Si. The standard InChI is InChI=1S/C27H38N8O2Si/c1-19-20(2)28-17-29-27(19)34-11-9-33(10-12-34)16-25-31-23-8-7-22(15-24(23)37-25)26-30-21(3)35(32-26)18-36-13-14-38(4,5)6/h7-8,15,17H,9-14,16,18H2,1-6H3. The summed E-state index contributed by atoms with van der Waals surface area (Å²) in [5, 5.41) is 4.67. The maximum Gasteiger partial charge on any atom is 0.209 e. The molecule has 0 spiro atoms. The number of anilines is 1. The summed E-state index contributed by atoms with van der Waals surface area (Å²) in [6.45, 7) is 18.7. The van der Waals surface area contributed by atoms with Gasteiger partial charge in [-0.2, -0.15) is 0 Å². The highest BCUT2D eigenvalue weighted by Gasteiger charge is 2.22. The zero-order chi connectivity index (χ0) is 26.9. The third-order valence-corrected chi connectivity index (χ3v) is 8.80. The van der Waals surface area contributed by atoms with Crippen LogP contribution in [0.3, 0.4) is 0 Å². The SMILES string of the molecule is Cc1ncnc(N2CCN(Cc3nc4ccc(-c5nc(C)n(COCC[Si](C)(C)C)n5)cc4o3)CC2)c1C. The summed E-state index contributed by atoms with van der Waals surface area (Å²) in [5.74, 6) is 3.27. The Morgan fingerprint density at radius 3 is 2.55 bits per heavy atom. The largest absolute Gasteiger partial charge is 0.439 e. The van der Waals surface area contributed by atoms with E-state index in [0.717, 1.165) is 84.3 Å². The predicted octanol–water partition coefficient (Wildman–Crippen LogP) is 4.44. The zero-order valence-corrected chi connectivity index (χ0v) is 24.4. The molecule has 4 heterocycles. The molecule has 0 N–H and O–H groups in total. The van der Waals surface area contributed by atoms with Crippen molar-refractivity contribution in [1.29, 1.82) is 0 Å². The number of hydrogen-bond acceptors (Lipinski definition) is 9. The van der Waals surface area contributed by atoms with Crippen molar-refractivity contribution in [3.63, 3.8) is 0 Å². The molecule has 1 aliphatic heterocycles. The van der Waals surface area contributed by atoms with E-state index in [1.807, 2.05) is 36.7 Å². The topological polar surface area (TPSA) is 98.2 Å². The van der Waals surface area contributed by atoms with Crippen molar-refractivity contribution >= 4 is 25.0 Å². The van der Waals surface area contributed by atoms with Crippen LogP contribution in [0.25, 0.3) is 22.5 Å². The van der Waals surface area contributed by atoms with Gasteiger partial charge in [0.2, 0.25) is 5.89 Å². The fourth-order valence-corrected chi connectivity index (χ4v) is 5.28. The van der Waals surface area contributed by atoms with Crippen LogP contribution in [-0.2, 0) is 18.0 Å². The summed E-state index contributed by atoms with van der Waals surface area (Å²) < 4.78 is 13.8. The second-order valence-corrected chi connectivity index (χ2v) is 16.9. The predicted molar refractivity (Wildman–Crippen MR) is 151 cm³/mol. The van der Waals surface area contributed by atoms with Crippen molar-refractivity contribution in [2.75, 3.05) is 37.7 Å². The van der Waals surface area contributed by atoms with Crippen molar-refractivity contribution in [2.24, 2.45) is 0 Å². The molecule has 10 nitrogen and oxygen atoms in total. The van der Waals surface area contributed by atoms with Gasteiger partial charge in [-0.1, -0.05) is 19.6 Å². The Kier molecular flexibility index (Phi) is 7.60. The molecule has 38 heavy (non-hydrogen) atoms. The minimum atomic E-state index is -1.11. The molecule has 0 amide bonds. The van der Waals surface area contributed by atoms with Crippen LogP contribution in [0.5, 0.6) is 0 Å². The van der Waals surface area contributed by atoms with Crippen LogP contribution in [0, 0.1) is 20.8 Å². The van der Waals surface area contributed by atoms with Crippen LogP contribution in [0.2, 0.25) is 25.7 Å².